The van der Waals surface area contributed by atoms with E-state index >= 15 is 0 Å². The molecule has 2 aromatic carbocycles. The number of benzene rings is 2. The van der Waals surface area contributed by atoms with Gasteiger partial charge in [0, 0.05) is 26.2 Å². The van der Waals surface area contributed by atoms with Gasteiger partial charge in [0.1, 0.15) is 36.9 Å². The van der Waals surface area contributed by atoms with Crippen LogP contribution in [0.2, 0.25) is 0 Å². The molecular weight excluding hydrogens is 356 g/mol. The van der Waals surface area contributed by atoms with Crippen LogP contribution in [0.1, 0.15) is 11.1 Å². The summed E-state index contributed by atoms with van der Waals surface area (Å²) in [4.78, 5) is 0. The molecule has 0 radical (unpaired) electrons. The summed E-state index contributed by atoms with van der Waals surface area (Å²) in [6.07, 6.45) is -1.15. The van der Waals surface area contributed by atoms with Crippen molar-refractivity contribution in [3.05, 3.63) is 59.7 Å². The van der Waals surface area contributed by atoms with Crippen molar-refractivity contribution in [1.82, 2.24) is 10.6 Å². The van der Waals surface area contributed by atoms with Crippen LogP contribution in [0.5, 0.6) is 11.5 Å². The number of hydrogen-bond acceptors (Lipinski definition) is 6. The summed E-state index contributed by atoms with van der Waals surface area (Å²) in [5.41, 5.74) is 2.25. The van der Waals surface area contributed by atoms with E-state index in [1.165, 1.54) is 0 Å². The Bertz CT molecular complexity index is 636. The standard InChI is InChI=1S/C22H32N2O4/c1-17-5-3-7-21(11-17)27-15-19(25)13-23-9-10-24-14-20(26)16-28-22-8-4-6-18(2)12-22/h3-8,11-12,19-20,23-26H,9-10,13-16H2,1-2H3/t19-,20-/m0/s1. The maximum Gasteiger partial charge on any atom is 0.119 e. The average molecular weight is 389 g/mol. The topological polar surface area (TPSA) is 83.0 Å². The average Bonchev–Trinajstić information content (AvgIpc) is 2.67. The van der Waals surface area contributed by atoms with E-state index in [1.807, 2.05) is 62.4 Å². The van der Waals surface area contributed by atoms with E-state index in [4.69, 9.17) is 9.47 Å². The number of aliphatic hydroxyl groups is 2. The van der Waals surface area contributed by atoms with Crippen LogP contribution < -0.4 is 20.1 Å². The van der Waals surface area contributed by atoms with Crippen molar-refractivity contribution in [2.24, 2.45) is 0 Å². The summed E-state index contributed by atoms with van der Waals surface area (Å²) in [5, 5.41) is 26.2. The molecule has 4 N–H and O–H groups in total. The minimum atomic E-state index is -0.575. The number of aryl methyl sites for hydroxylation is 2. The molecule has 0 saturated carbocycles. The van der Waals surface area contributed by atoms with Crippen LogP contribution in [0.3, 0.4) is 0 Å². The minimum absolute atomic E-state index is 0.249. The lowest BCUT2D eigenvalue weighted by Crippen LogP contribution is -2.38. The maximum absolute atomic E-state index is 9.96. The van der Waals surface area contributed by atoms with Crippen molar-refractivity contribution in [3.63, 3.8) is 0 Å². The van der Waals surface area contributed by atoms with Gasteiger partial charge in [-0.25, -0.2) is 0 Å². The molecule has 0 spiro atoms. The van der Waals surface area contributed by atoms with Gasteiger partial charge in [0.15, 0.2) is 0 Å². The molecule has 28 heavy (non-hydrogen) atoms. The van der Waals surface area contributed by atoms with Crippen molar-refractivity contribution in [2.75, 3.05) is 39.4 Å². The quantitative estimate of drug-likeness (QED) is 0.391. The van der Waals surface area contributed by atoms with E-state index in [9.17, 15) is 10.2 Å². The first kappa shape index (κ1) is 22.2. The maximum atomic E-state index is 9.96. The molecule has 6 nitrogen and oxygen atoms in total. The molecule has 2 rings (SSSR count). The number of rotatable bonds is 13. The fourth-order valence-electron chi connectivity index (χ4n) is 2.63. The molecule has 0 fully saturated rings. The largest absolute Gasteiger partial charge is 0.491 e. The predicted molar refractivity (Wildman–Crippen MR) is 111 cm³/mol. The van der Waals surface area contributed by atoms with Crippen LogP contribution in [-0.4, -0.2) is 61.8 Å². The summed E-state index contributed by atoms with van der Waals surface area (Å²) in [7, 11) is 0. The number of nitrogens with one attached hydrogen (secondary N) is 2. The van der Waals surface area contributed by atoms with Gasteiger partial charge in [-0.05, 0) is 49.2 Å². The highest BCUT2D eigenvalue weighted by Crippen LogP contribution is 2.13. The first-order chi connectivity index (χ1) is 13.5. The molecule has 0 heterocycles. The first-order valence-corrected chi connectivity index (χ1v) is 9.69. The molecule has 0 aliphatic rings. The van der Waals surface area contributed by atoms with Gasteiger partial charge in [0.05, 0.1) is 0 Å². The number of ether oxygens (including phenoxy) is 2. The lowest BCUT2D eigenvalue weighted by atomic mass is 10.2. The number of hydrogen-bond donors (Lipinski definition) is 4. The second kappa shape index (κ2) is 12.4. The highest BCUT2D eigenvalue weighted by atomic mass is 16.5. The molecule has 0 unspecified atom stereocenters. The summed E-state index contributed by atoms with van der Waals surface area (Å²) in [6.45, 7) is 6.78. The van der Waals surface area contributed by atoms with Crippen molar-refractivity contribution in [3.8, 4) is 11.5 Å². The normalized spacial score (nSPS) is 13.1. The fraction of sp³-hybridized carbons (Fsp3) is 0.455. The molecule has 0 aliphatic carbocycles. The third kappa shape index (κ3) is 9.19. The molecule has 2 aromatic rings. The zero-order valence-corrected chi connectivity index (χ0v) is 16.7. The van der Waals surface area contributed by atoms with Crippen molar-refractivity contribution in [2.45, 2.75) is 26.1 Å². The van der Waals surface area contributed by atoms with E-state index in [-0.39, 0.29) is 13.2 Å². The van der Waals surface area contributed by atoms with Crippen LogP contribution in [0.25, 0.3) is 0 Å². The van der Waals surface area contributed by atoms with E-state index < -0.39 is 12.2 Å². The van der Waals surface area contributed by atoms with Gasteiger partial charge >= 0.3 is 0 Å². The second-order valence-corrected chi connectivity index (χ2v) is 6.97. The molecule has 0 amide bonds. The Morgan fingerprint density at radius 3 is 1.57 bits per heavy atom. The van der Waals surface area contributed by atoms with Crippen LogP contribution >= 0.6 is 0 Å². The van der Waals surface area contributed by atoms with Gasteiger partial charge < -0.3 is 30.3 Å². The van der Waals surface area contributed by atoms with Crippen LogP contribution in [0.4, 0.5) is 0 Å². The van der Waals surface area contributed by atoms with Gasteiger partial charge in [-0.15, -0.1) is 0 Å². The van der Waals surface area contributed by atoms with Crippen LogP contribution in [0, 0.1) is 13.8 Å². The highest BCUT2D eigenvalue weighted by Gasteiger charge is 2.06. The van der Waals surface area contributed by atoms with Crippen LogP contribution in [-0.2, 0) is 0 Å². The molecule has 0 aromatic heterocycles. The summed E-state index contributed by atoms with van der Waals surface area (Å²) in [6, 6.07) is 15.5. The van der Waals surface area contributed by atoms with Gasteiger partial charge in [0.2, 0.25) is 0 Å². The van der Waals surface area contributed by atoms with Crippen LogP contribution in [0.15, 0.2) is 48.5 Å². The Kier molecular flexibility index (Phi) is 9.79. The van der Waals surface area contributed by atoms with Gasteiger partial charge in [-0.1, -0.05) is 24.3 Å². The zero-order valence-electron chi connectivity index (χ0n) is 16.7. The van der Waals surface area contributed by atoms with E-state index in [0.29, 0.717) is 26.2 Å². The predicted octanol–water partition coefficient (Wildman–Crippen LogP) is 1.66. The summed E-state index contributed by atoms with van der Waals surface area (Å²) in [5.74, 6) is 1.53. The van der Waals surface area contributed by atoms with Gasteiger partial charge in [0.25, 0.3) is 0 Å². The molecule has 2 atom stereocenters. The van der Waals surface area contributed by atoms with E-state index in [0.717, 1.165) is 22.6 Å². The SMILES string of the molecule is Cc1cccc(OC[C@@H](O)CNCCNC[C@H](O)COc2cccc(C)c2)c1. The molecular formula is C22H32N2O4. The Morgan fingerprint density at radius 1 is 0.750 bits per heavy atom. The Labute approximate surface area is 167 Å². The fourth-order valence-corrected chi connectivity index (χ4v) is 2.63. The summed E-state index contributed by atoms with van der Waals surface area (Å²) >= 11 is 0. The number of aliphatic hydroxyl groups excluding tert-OH is 2. The molecule has 0 aliphatic heterocycles. The van der Waals surface area contributed by atoms with E-state index in [1.54, 1.807) is 0 Å². The monoisotopic (exact) mass is 388 g/mol. The zero-order chi connectivity index (χ0) is 20.2. The van der Waals surface area contributed by atoms with Crippen molar-refractivity contribution < 1.29 is 19.7 Å². The van der Waals surface area contributed by atoms with E-state index in [2.05, 4.69) is 10.6 Å². The van der Waals surface area contributed by atoms with Crippen molar-refractivity contribution >= 4 is 0 Å². The van der Waals surface area contributed by atoms with Gasteiger partial charge in [-0.3, -0.25) is 0 Å². The van der Waals surface area contributed by atoms with Gasteiger partial charge in [-0.2, -0.15) is 0 Å². The minimum Gasteiger partial charge on any atom is -0.491 e. The molecule has 6 heteroatoms. The van der Waals surface area contributed by atoms with Crippen molar-refractivity contribution in [1.29, 1.82) is 0 Å². The first-order valence-electron chi connectivity index (χ1n) is 9.69. The smallest absolute Gasteiger partial charge is 0.119 e. The second-order valence-electron chi connectivity index (χ2n) is 6.97. The summed E-state index contributed by atoms with van der Waals surface area (Å²) < 4.78 is 11.2. The Balaban J connectivity index is 1.47. The Hall–Kier alpha value is -2.12. The Morgan fingerprint density at radius 2 is 1.18 bits per heavy atom. The lowest BCUT2D eigenvalue weighted by molar-refractivity contribution is 0.103. The molecule has 0 saturated heterocycles. The molecule has 154 valence electrons. The lowest BCUT2D eigenvalue weighted by Gasteiger charge is -2.15. The third-order valence-corrected chi connectivity index (χ3v) is 4.10. The third-order valence-electron chi connectivity index (χ3n) is 4.10. The molecule has 0 bridgehead atoms. The highest BCUT2D eigenvalue weighted by molar-refractivity contribution is 5.28.